The van der Waals surface area contributed by atoms with Crippen LogP contribution in [0.4, 0.5) is 4.79 Å². The second-order valence-electron chi connectivity index (χ2n) is 6.44. The van der Waals surface area contributed by atoms with Crippen LogP contribution >= 0.6 is 0 Å². The van der Waals surface area contributed by atoms with E-state index in [9.17, 15) is 9.90 Å². The van der Waals surface area contributed by atoms with E-state index < -0.39 is 17.7 Å². The number of carbonyl (C=O) groups excluding carboxylic acids is 1. The second kappa shape index (κ2) is 10.6. The van der Waals surface area contributed by atoms with Crippen molar-refractivity contribution >= 4 is 6.16 Å². The van der Waals surface area contributed by atoms with E-state index in [1.54, 1.807) is 31.4 Å². The van der Waals surface area contributed by atoms with E-state index in [4.69, 9.17) is 14.2 Å². The SMILES string of the molecule is CCCCCC(C#CC(C)(C)CO)OC(=O)Oc1ccc(OC)cc1. The number of hydrogen-bond acceptors (Lipinski definition) is 5. The van der Waals surface area contributed by atoms with Crippen molar-refractivity contribution in [3.8, 4) is 23.3 Å². The molecule has 1 unspecified atom stereocenters. The first-order valence-corrected chi connectivity index (χ1v) is 8.56. The van der Waals surface area contributed by atoms with Crippen LogP contribution in [0, 0.1) is 17.3 Å². The van der Waals surface area contributed by atoms with Gasteiger partial charge in [0.25, 0.3) is 0 Å². The number of aliphatic hydroxyl groups excluding tert-OH is 1. The summed E-state index contributed by atoms with van der Waals surface area (Å²) in [5.74, 6) is 6.98. The highest BCUT2D eigenvalue weighted by Gasteiger charge is 2.17. The predicted molar refractivity (Wildman–Crippen MR) is 96.7 cm³/mol. The molecule has 0 aliphatic carbocycles. The number of unbranched alkanes of at least 4 members (excludes halogenated alkanes) is 2. The average molecular weight is 348 g/mol. The Morgan fingerprint density at radius 3 is 2.40 bits per heavy atom. The lowest BCUT2D eigenvalue weighted by Gasteiger charge is -2.15. The molecule has 0 aromatic heterocycles. The summed E-state index contributed by atoms with van der Waals surface area (Å²) in [5, 5.41) is 9.30. The average Bonchev–Trinajstić information content (AvgIpc) is 2.60. The third-order valence-electron chi connectivity index (χ3n) is 3.54. The summed E-state index contributed by atoms with van der Waals surface area (Å²) >= 11 is 0. The van der Waals surface area contributed by atoms with Gasteiger partial charge in [0.2, 0.25) is 0 Å². The summed E-state index contributed by atoms with van der Waals surface area (Å²) in [5.41, 5.74) is -0.535. The van der Waals surface area contributed by atoms with Gasteiger partial charge < -0.3 is 19.3 Å². The molecule has 0 saturated heterocycles. The topological polar surface area (TPSA) is 65.0 Å². The zero-order valence-corrected chi connectivity index (χ0v) is 15.5. The van der Waals surface area contributed by atoms with Crippen LogP contribution in [0.3, 0.4) is 0 Å². The maximum Gasteiger partial charge on any atom is 0.515 e. The van der Waals surface area contributed by atoms with Crippen molar-refractivity contribution in [2.24, 2.45) is 5.41 Å². The molecule has 25 heavy (non-hydrogen) atoms. The van der Waals surface area contributed by atoms with Crippen LogP contribution in [-0.2, 0) is 4.74 Å². The Balaban J connectivity index is 2.68. The van der Waals surface area contributed by atoms with E-state index in [1.807, 2.05) is 13.8 Å². The molecule has 1 atom stereocenters. The number of aliphatic hydroxyl groups is 1. The van der Waals surface area contributed by atoms with E-state index >= 15 is 0 Å². The molecule has 1 N–H and O–H groups in total. The van der Waals surface area contributed by atoms with Gasteiger partial charge >= 0.3 is 6.16 Å². The van der Waals surface area contributed by atoms with Crippen molar-refractivity contribution in [2.75, 3.05) is 13.7 Å². The Morgan fingerprint density at radius 2 is 1.84 bits per heavy atom. The van der Waals surface area contributed by atoms with Crippen molar-refractivity contribution in [3.05, 3.63) is 24.3 Å². The molecule has 1 aromatic carbocycles. The lowest BCUT2D eigenvalue weighted by molar-refractivity contribution is 0.0753. The van der Waals surface area contributed by atoms with Crippen LogP contribution < -0.4 is 9.47 Å². The number of hydrogen-bond donors (Lipinski definition) is 1. The zero-order valence-electron chi connectivity index (χ0n) is 15.5. The summed E-state index contributed by atoms with van der Waals surface area (Å²) in [6.07, 6.45) is 2.31. The molecule has 5 nitrogen and oxygen atoms in total. The lowest BCUT2D eigenvalue weighted by atomic mass is 9.95. The van der Waals surface area contributed by atoms with E-state index in [0.29, 0.717) is 17.9 Å². The minimum Gasteiger partial charge on any atom is -0.497 e. The predicted octanol–water partition coefficient (Wildman–Crippen LogP) is 4.18. The van der Waals surface area contributed by atoms with Gasteiger partial charge in [0.05, 0.1) is 13.7 Å². The number of methoxy groups -OCH3 is 1. The first kappa shape index (κ1) is 20.9. The summed E-state index contributed by atoms with van der Waals surface area (Å²) in [6.45, 7) is 5.71. The molecule has 0 aliphatic heterocycles. The minimum atomic E-state index is -0.789. The second-order valence-corrected chi connectivity index (χ2v) is 6.44. The molecule has 138 valence electrons. The monoisotopic (exact) mass is 348 g/mol. The van der Waals surface area contributed by atoms with Crippen LogP contribution in [0.5, 0.6) is 11.5 Å². The smallest absolute Gasteiger partial charge is 0.497 e. The fourth-order valence-corrected chi connectivity index (χ4v) is 1.94. The van der Waals surface area contributed by atoms with Crippen LogP contribution in [0.1, 0.15) is 46.5 Å². The Bertz CT molecular complexity index is 580. The highest BCUT2D eigenvalue weighted by atomic mass is 16.7. The first-order valence-electron chi connectivity index (χ1n) is 8.56. The van der Waals surface area contributed by atoms with Crippen LogP contribution in [0.25, 0.3) is 0 Å². The summed E-state index contributed by atoms with van der Waals surface area (Å²) in [4.78, 5) is 12.0. The number of rotatable bonds is 8. The van der Waals surface area contributed by atoms with Crippen LogP contribution in [0.2, 0.25) is 0 Å². The maximum absolute atomic E-state index is 12.0. The summed E-state index contributed by atoms with van der Waals surface area (Å²) in [6, 6.07) is 6.66. The van der Waals surface area contributed by atoms with Gasteiger partial charge in [-0.2, -0.15) is 0 Å². The molecular weight excluding hydrogens is 320 g/mol. The number of ether oxygens (including phenoxy) is 3. The standard InChI is InChI=1S/C20H28O5/c1-5-6-7-8-17(13-14-20(2,3)15-21)24-19(22)25-18-11-9-16(23-4)10-12-18/h9-12,17,21H,5-8,15H2,1-4H3. The molecule has 0 amide bonds. The lowest BCUT2D eigenvalue weighted by Crippen LogP contribution is -2.21. The zero-order chi connectivity index (χ0) is 18.7. The molecule has 1 rings (SSSR count). The van der Waals surface area contributed by atoms with Gasteiger partial charge in [0, 0.05) is 5.41 Å². The molecule has 0 bridgehead atoms. The molecular formula is C20H28O5. The molecule has 0 aliphatic rings. The van der Waals surface area contributed by atoms with Crippen molar-refractivity contribution in [3.63, 3.8) is 0 Å². The van der Waals surface area contributed by atoms with Gasteiger partial charge in [-0.3, -0.25) is 0 Å². The molecule has 0 spiro atoms. The van der Waals surface area contributed by atoms with Gasteiger partial charge in [0.15, 0.2) is 6.10 Å². The molecule has 0 fully saturated rings. The van der Waals surface area contributed by atoms with Gasteiger partial charge in [-0.15, -0.1) is 0 Å². The summed E-state index contributed by atoms with van der Waals surface area (Å²) in [7, 11) is 1.57. The van der Waals surface area contributed by atoms with Crippen molar-refractivity contribution < 1.29 is 24.1 Å². The van der Waals surface area contributed by atoms with E-state index in [1.165, 1.54) is 0 Å². The van der Waals surface area contributed by atoms with Gasteiger partial charge in [-0.05, 0) is 51.0 Å². The third-order valence-corrected chi connectivity index (χ3v) is 3.54. The highest BCUT2D eigenvalue weighted by molar-refractivity contribution is 5.64. The molecule has 5 heteroatoms. The van der Waals surface area contributed by atoms with Gasteiger partial charge in [-0.1, -0.05) is 31.6 Å². The Hall–Kier alpha value is -2.19. The van der Waals surface area contributed by atoms with Crippen molar-refractivity contribution in [1.82, 2.24) is 0 Å². The molecule has 0 radical (unpaired) electrons. The van der Waals surface area contributed by atoms with E-state index in [-0.39, 0.29) is 6.61 Å². The van der Waals surface area contributed by atoms with Gasteiger partial charge in [-0.25, -0.2) is 4.79 Å². The Morgan fingerprint density at radius 1 is 1.20 bits per heavy atom. The quantitative estimate of drug-likeness (QED) is 0.330. The fraction of sp³-hybridized carbons (Fsp3) is 0.550. The fourth-order valence-electron chi connectivity index (χ4n) is 1.94. The van der Waals surface area contributed by atoms with Crippen LogP contribution in [0.15, 0.2) is 24.3 Å². The summed E-state index contributed by atoms with van der Waals surface area (Å²) < 4.78 is 15.6. The molecule has 0 saturated carbocycles. The minimum absolute atomic E-state index is 0.0576. The van der Waals surface area contributed by atoms with Gasteiger partial charge in [0.1, 0.15) is 11.5 Å². The normalized spacial score (nSPS) is 11.9. The number of carbonyl (C=O) groups is 1. The van der Waals surface area contributed by atoms with Crippen LogP contribution in [-0.4, -0.2) is 31.1 Å². The Labute approximate surface area is 150 Å². The van der Waals surface area contributed by atoms with Crippen molar-refractivity contribution in [1.29, 1.82) is 0 Å². The third kappa shape index (κ3) is 8.46. The molecule has 1 aromatic rings. The Kier molecular flexibility index (Phi) is 8.87. The largest absolute Gasteiger partial charge is 0.515 e. The number of benzene rings is 1. The van der Waals surface area contributed by atoms with E-state index in [2.05, 4.69) is 18.8 Å². The molecule has 0 heterocycles. The maximum atomic E-state index is 12.0. The highest BCUT2D eigenvalue weighted by Crippen LogP contribution is 2.18. The first-order chi connectivity index (χ1) is 11.9. The van der Waals surface area contributed by atoms with E-state index in [0.717, 1.165) is 19.3 Å². The van der Waals surface area contributed by atoms with Crippen molar-refractivity contribution in [2.45, 2.75) is 52.6 Å².